The molecule has 0 bridgehead atoms. The largest absolute Gasteiger partial charge is 0.394 e. The molecule has 3 N–H and O–H groups in total. The van der Waals surface area contributed by atoms with E-state index in [1.54, 1.807) is 60.7 Å². The number of rotatable bonds is 10. The molecule has 6 nitrogen and oxygen atoms in total. The topological polar surface area (TPSA) is 104 Å². The van der Waals surface area contributed by atoms with Crippen LogP contribution >= 0.6 is 0 Å². The monoisotopic (exact) mass is 372 g/mol. The molecular weight excluding hydrogens is 348 g/mol. The van der Waals surface area contributed by atoms with E-state index in [1.165, 1.54) is 0 Å². The van der Waals surface area contributed by atoms with Gasteiger partial charge in [-0.15, -0.1) is 0 Å². The maximum absolute atomic E-state index is 13.1. The minimum atomic E-state index is -2.28. The maximum atomic E-state index is 13.1. The number of Topliss-reactive ketones (excluding diaryl/α,β-unsaturated/α-hetero) is 2. The quantitative estimate of drug-likeness (QED) is 0.531. The van der Waals surface area contributed by atoms with Crippen molar-refractivity contribution in [2.24, 2.45) is 0 Å². The minimum Gasteiger partial charge on any atom is -0.394 e. The summed E-state index contributed by atoms with van der Waals surface area (Å²) in [5.74, 6) is -1.37. The molecule has 0 saturated carbocycles. The van der Waals surface area contributed by atoms with Crippen LogP contribution in [0.1, 0.15) is 11.1 Å². The lowest BCUT2D eigenvalue weighted by molar-refractivity contribution is -0.180. The van der Waals surface area contributed by atoms with Gasteiger partial charge in [0.1, 0.15) is 12.2 Å². The molecule has 6 heteroatoms. The molecule has 2 aromatic carbocycles. The third-order valence-corrected chi connectivity index (χ3v) is 4.53. The van der Waals surface area contributed by atoms with Crippen LogP contribution in [0.5, 0.6) is 0 Å². The molecule has 27 heavy (non-hydrogen) atoms. The van der Waals surface area contributed by atoms with Crippen LogP contribution in [0.2, 0.25) is 0 Å². The van der Waals surface area contributed by atoms with Gasteiger partial charge in [0.05, 0.1) is 6.61 Å². The second-order valence-corrected chi connectivity index (χ2v) is 6.31. The van der Waals surface area contributed by atoms with Crippen molar-refractivity contribution in [1.82, 2.24) is 0 Å². The van der Waals surface area contributed by atoms with Gasteiger partial charge in [-0.3, -0.25) is 9.59 Å². The summed E-state index contributed by atoms with van der Waals surface area (Å²) < 4.78 is 5.27. The minimum absolute atomic E-state index is 0.162. The normalized spacial score (nSPS) is 13.8. The smallest absolute Gasteiger partial charge is 0.213 e. The number of hydrogen-bond donors (Lipinski definition) is 3. The van der Waals surface area contributed by atoms with Crippen molar-refractivity contribution in [2.75, 3.05) is 13.7 Å². The van der Waals surface area contributed by atoms with Crippen molar-refractivity contribution < 1.29 is 29.6 Å². The Hall–Kier alpha value is -2.38. The van der Waals surface area contributed by atoms with E-state index in [4.69, 9.17) is 4.74 Å². The fourth-order valence-electron chi connectivity index (χ4n) is 3.03. The molecule has 2 rings (SSSR count). The van der Waals surface area contributed by atoms with Crippen LogP contribution in [0.4, 0.5) is 0 Å². The summed E-state index contributed by atoms with van der Waals surface area (Å²) in [6.45, 7) is -0.816. The lowest BCUT2D eigenvalue weighted by Gasteiger charge is -2.36. The number of ketones is 2. The number of hydrogen-bond acceptors (Lipinski definition) is 6. The summed E-state index contributed by atoms with van der Waals surface area (Å²) in [6.07, 6.45) is -3.93. The van der Waals surface area contributed by atoms with E-state index in [-0.39, 0.29) is 12.8 Å². The summed E-state index contributed by atoms with van der Waals surface area (Å²) >= 11 is 0. The summed E-state index contributed by atoms with van der Waals surface area (Å²) in [7, 11) is 1.14. The Morgan fingerprint density at radius 2 is 1.30 bits per heavy atom. The first kappa shape index (κ1) is 20.9. The van der Waals surface area contributed by atoms with Crippen LogP contribution in [0.3, 0.4) is 0 Å². The van der Waals surface area contributed by atoms with Crippen LogP contribution in [0.15, 0.2) is 60.7 Å². The molecule has 0 aliphatic heterocycles. The van der Waals surface area contributed by atoms with Crippen molar-refractivity contribution >= 4 is 11.6 Å². The van der Waals surface area contributed by atoms with Crippen LogP contribution < -0.4 is 0 Å². The molecule has 0 aliphatic rings. The fourth-order valence-corrected chi connectivity index (χ4v) is 3.03. The SMILES string of the molecule is COC(C(=O)Cc1ccccc1)(C(=O)Cc1ccccc1)C(O)C(O)CO. The Kier molecular flexibility index (Phi) is 7.38. The van der Waals surface area contributed by atoms with Gasteiger partial charge in [0.25, 0.3) is 0 Å². The number of methoxy groups -OCH3 is 1. The van der Waals surface area contributed by atoms with Crippen molar-refractivity contribution in [3.8, 4) is 0 Å². The van der Waals surface area contributed by atoms with E-state index in [1.807, 2.05) is 0 Å². The Balaban J connectivity index is 2.39. The van der Waals surface area contributed by atoms with Crippen molar-refractivity contribution in [3.05, 3.63) is 71.8 Å². The highest BCUT2D eigenvalue weighted by Gasteiger charge is 2.53. The van der Waals surface area contributed by atoms with Crippen LogP contribution in [0, 0.1) is 0 Å². The Bertz CT molecular complexity index is 690. The van der Waals surface area contributed by atoms with Gasteiger partial charge >= 0.3 is 0 Å². The number of aliphatic hydroxyl groups is 3. The molecular formula is C21H24O6. The predicted molar refractivity (Wildman–Crippen MR) is 99.1 cm³/mol. The molecule has 2 aromatic rings. The number of carbonyl (C=O) groups excluding carboxylic acids is 2. The van der Waals surface area contributed by atoms with Gasteiger partial charge in [-0.1, -0.05) is 60.7 Å². The van der Waals surface area contributed by atoms with Crippen LogP contribution in [0.25, 0.3) is 0 Å². The zero-order valence-corrected chi connectivity index (χ0v) is 15.1. The Morgan fingerprint density at radius 1 is 0.889 bits per heavy atom. The molecule has 0 amide bonds. The molecule has 144 valence electrons. The first-order valence-corrected chi connectivity index (χ1v) is 8.62. The first-order valence-electron chi connectivity index (χ1n) is 8.62. The maximum Gasteiger partial charge on any atom is 0.213 e. The molecule has 2 unspecified atom stereocenters. The first-order chi connectivity index (χ1) is 13.0. The molecule has 2 atom stereocenters. The predicted octanol–water partition coefficient (Wildman–Crippen LogP) is 0.709. The number of carbonyl (C=O) groups is 2. The van der Waals surface area contributed by atoms with Crippen molar-refractivity contribution in [3.63, 3.8) is 0 Å². The Labute approximate surface area is 158 Å². The highest BCUT2D eigenvalue weighted by molar-refractivity contribution is 6.12. The van der Waals surface area contributed by atoms with Gasteiger partial charge in [0.15, 0.2) is 11.6 Å². The molecule has 0 heterocycles. The van der Waals surface area contributed by atoms with Gasteiger partial charge in [-0.25, -0.2) is 0 Å². The van der Waals surface area contributed by atoms with E-state index in [2.05, 4.69) is 0 Å². The van der Waals surface area contributed by atoms with E-state index in [0.717, 1.165) is 7.11 Å². The van der Waals surface area contributed by atoms with Gasteiger partial charge < -0.3 is 20.1 Å². The van der Waals surface area contributed by atoms with Gasteiger partial charge in [-0.05, 0) is 11.1 Å². The average molecular weight is 372 g/mol. The lowest BCUT2D eigenvalue weighted by atomic mass is 9.79. The van der Waals surface area contributed by atoms with Crippen LogP contribution in [-0.2, 0) is 27.2 Å². The fraction of sp³-hybridized carbons (Fsp3) is 0.333. The third-order valence-electron chi connectivity index (χ3n) is 4.53. The lowest BCUT2D eigenvalue weighted by Crippen LogP contribution is -2.62. The van der Waals surface area contributed by atoms with Gasteiger partial charge in [0.2, 0.25) is 5.60 Å². The highest BCUT2D eigenvalue weighted by atomic mass is 16.5. The van der Waals surface area contributed by atoms with E-state index >= 15 is 0 Å². The highest BCUT2D eigenvalue weighted by Crippen LogP contribution is 2.25. The molecule has 0 aromatic heterocycles. The standard InChI is InChI=1S/C21H24O6/c1-27-21(20(26)17(23)14-22,18(24)12-15-8-4-2-5-9-15)19(25)13-16-10-6-3-7-11-16/h2-11,17,20,22-23,26H,12-14H2,1H3. The summed E-state index contributed by atoms with van der Waals surface area (Å²) in [5, 5.41) is 29.7. The van der Waals surface area contributed by atoms with Gasteiger partial charge in [0, 0.05) is 20.0 Å². The second-order valence-electron chi connectivity index (χ2n) is 6.31. The zero-order chi connectivity index (χ0) is 19.9. The van der Waals surface area contributed by atoms with E-state index in [9.17, 15) is 24.9 Å². The van der Waals surface area contributed by atoms with E-state index in [0.29, 0.717) is 11.1 Å². The summed E-state index contributed by atoms with van der Waals surface area (Å²) in [5.41, 5.74) is -1.00. The molecule has 0 spiro atoms. The average Bonchev–Trinajstić information content (AvgIpc) is 2.69. The van der Waals surface area contributed by atoms with Crippen molar-refractivity contribution in [2.45, 2.75) is 30.7 Å². The zero-order valence-electron chi connectivity index (χ0n) is 15.1. The number of benzene rings is 2. The Morgan fingerprint density at radius 3 is 1.63 bits per heavy atom. The summed E-state index contributed by atoms with van der Waals surface area (Å²) in [6, 6.07) is 17.5. The van der Waals surface area contributed by atoms with Crippen LogP contribution in [-0.4, -0.2) is 58.4 Å². The molecule has 0 saturated heterocycles. The van der Waals surface area contributed by atoms with Crippen molar-refractivity contribution in [1.29, 1.82) is 0 Å². The number of aliphatic hydroxyl groups excluding tert-OH is 3. The molecule has 0 aliphatic carbocycles. The second kappa shape index (κ2) is 9.53. The third kappa shape index (κ3) is 4.67. The van der Waals surface area contributed by atoms with E-state index < -0.39 is 36.0 Å². The molecule has 0 radical (unpaired) electrons. The molecule has 0 fully saturated rings. The summed E-state index contributed by atoms with van der Waals surface area (Å²) in [4.78, 5) is 26.1. The van der Waals surface area contributed by atoms with Gasteiger partial charge in [-0.2, -0.15) is 0 Å². The number of ether oxygens (including phenoxy) is 1.